The first-order valence-electron chi connectivity index (χ1n) is 2.32. The van der Waals surface area contributed by atoms with Crippen LogP contribution in [-0.2, 0) is 0 Å². The Morgan fingerprint density at radius 2 is 2.29 bits per heavy atom. The number of allylic oxidation sites excluding steroid dienone is 1. The van der Waals surface area contributed by atoms with E-state index in [4.69, 9.17) is 5.73 Å². The fraction of sp³-hybridized carbons (Fsp3) is 0.333. The van der Waals surface area contributed by atoms with Crippen LogP contribution in [0.2, 0.25) is 0 Å². The number of rotatable bonds is 2. The SMILES string of the molecule is C=CC(N)C=CC. The van der Waals surface area contributed by atoms with Gasteiger partial charge in [0.1, 0.15) is 0 Å². The molecular weight excluding hydrogens is 86.1 g/mol. The minimum absolute atomic E-state index is 0.0324. The van der Waals surface area contributed by atoms with Crippen LogP contribution < -0.4 is 5.73 Å². The van der Waals surface area contributed by atoms with Gasteiger partial charge in [-0.05, 0) is 6.92 Å². The monoisotopic (exact) mass is 97.1 g/mol. The Balaban J connectivity index is 3.35. The third-order valence-corrected chi connectivity index (χ3v) is 0.687. The van der Waals surface area contributed by atoms with Gasteiger partial charge >= 0.3 is 0 Å². The Morgan fingerprint density at radius 1 is 1.71 bits per heavy atom. The highest BCUT2D eigenvalue weighted by Gasteiger charge is 1.80. The standard InChI is InChI=1S/C6H11N/c1-3-5-6(7)4-2/h3-6H,2,7H2,1H3. The van der Waals surface area contributed by atoms with Gasteiger partial charge < -0.3 is 5.73 Å². The molecule has 1 atom stereocenters. The van der Waals surface area contributed by atoms with E-state index in [2.05, 4.69) is 6.58 Å². The summed E-state index contributed by atoms with van der Waals surface area (Å²) in [7, 11) is 0. The van der Waals surface area contributed by atoms with Gasteiger partial charge in [0.25, 0.3) is 0 Å². The number of hydrogen-bond acceptors (Lipinski definition) is 1. The molecule has 0 aliphatic heterocycles. The van der Waals surface area contributed by atoms with Gasteiger partial charge in [0.15, 0.2) is 0 Å². The Morgan fingerprint density at radius 3 is 2.43 bits per heavy atom. The molecule has 1 nitrogen and oxygen atoms in total. The van der Waals surface area contributed by atoms with E-state index in [0.29, 0.717) is 0 Å². The van der Waals surface area contributed by atoms with Crippen LogP contribution in [0.5, 0.6) is 0 Å². The van der Waals surface area contributed by atoms with E-state index in [0.717, 1.165) is 0 Å². The van der Waals surface area contributed by atoms with Gasteiger partial charge in [0, 0.05) is 6.04 Å². The van der Waals surface area contributed by atoms with E-state index in [9.17, 15) is 0 Å². The minimum Gasteiger partial charge on any atom is -0.321 e. The molecular formula is C6H11N. The van der Waals surface area contributed by atoms with Gasteiger partial charge in [-0.3, -0.25) is 0 Å². The molecule has 1 unspecified atom stereocenters. The molecule has 0 radical (unpaired) electrons. The van der Waals surface area contributed by atoms with Crippen LogP contribution in [0.3, 0.4) is 0 Å². The molecule has 0 heterocycles. The molecule has 0 aromatic carbocycles. The summed E-state index contributed by atoms with van der Waals surface area (Å²) in [6.45, 7) is 5.44. The summed E-state index contributed by atoms with van der Waals surface area (Å²) >= 11 is 0. The quantitative estimate of drug-likeness (QED) is 0.512. The van der Waals surface area contributed by atoms with E-state index in [1.807, 2.05) is 19.1 Å². The largest absolute Gasteiger partial charge is 0.321 e. The second-order valence-electron chi connectivity index (χ2n) is 1.34. The van der Waals surface area contributed by atoms with Crippen molar-refractivity contribution in [2.75, 3.05) is 0 Å². The van der Waals surface area contributed by atoms with Crippen molar-refractivity contribution in [2.24, 2.45) is 5.73 Å². The normalized spacial score (nSPS) is 14.6. The topological polar surface area (TPSA) is 26.0 Å². The van der Waals surface area contributed by atoms with Crippen molar-refractivity contribution in [3.8, 4) is 0 Å². The average Bonchev–Trinajstić information content (AvgIpc) is 1.68. The van der Waals surface area contributed by atoms with Crippen LogP contribution in [-0.4, -0.2) is 6.04 Å². The van der Waals surface area contributed by atoms with Crippen molar-refractivity contribution in [3.63, 3.8) is 0 Å². The van der Waals surface area contributed by atoms with Crippen LogP contribution in [0, 0.1) is 0 Å². The second kappa shape index (κ2) is 3.62. The summed E-state index contributed by atoms with van der Waals surface area (Å²) in [5.74, 6) is 0. The van der Waals surface area contributed by atoms with E-state index in [1.165, 1.54) is 0 Å². The molecule has 0 amide bonds. The van der Waals surface area contributed by atoms with E-state index in [1.54, 1.807) is 6.08 Å². The lowest BCUT2D eigenvalue weighted by Crippen LogP contribution is -2.11. The molecule has 7 heavy (non-hydrogen) atoms. The number of nitrogens with two attached hydrogens (primary N) is 1. The van der Waals surface area contributed by atoms with Crippen LogP contribution in [0.25, 0.3) is 0 Å². The fourth-order valence-corrected chi connectivity index (χ4v) is 0.301. The van der Waals surface area contributed by atoms with Crippen molar-refractivity contribution in [1.29, 1.82) is 0 Å². The highest BCUT2D eigenvalue weighted by molar-refractivity contribution is 4.99. The van der Waals surface area contributed by atoms with E-state index in [-0.39, 0.29) is 6.04 Å². The summed E-state index contributed by atoms with van der Waals surface area (Å²) in [5, 5.41) is 0. The van der Waals surface area contributed by atoms with Gasteiger partial charge in [-0.2, -0.15) is 0 Å². The number of hydrogen-bond donors (Lipinski definition) is 1. The molecule has 0 aliphatic carbocycles. The lowest BCUT2D eigenvalue weighted by atomic mass is 10.3. The van der Waals surface area contributed by atoms with Gasteiger partial charge in [-0.1, -0.05) is 18.2 Å². The van der Waals surface area contributed by atoms with Crippen molar-refractivity contribution in [1.82, 2.24) is 0 Å². The fourth-order valence-electron chi connectivity index (χ4n) is 0.301. The van der Waals surface area contributed by atoms with Gasteiger partial charge in [0.2, 0.25) is 0 Å². The predicted molar refractivity (Wildman–Crippen MR) is 33.0 cm³/mol. The second-order valence-corrected chi connectivity index (χ2v) is 1.34. The lowest BCUT2D eigenvalue weighted by Gasteiger charge is -1.91. The molecule has 2 N–H and O–H groups in total. The van der Waals surface area contributed by atoms with Crippen molar-refractivity contribution >= 4 is 0 Å². The first kappa shape index (κ1) is 6.44. The van der Waals surface area contributed by atoms with Crippen LogP contribution in [0.4, 0.5) is 0 Å². The third-order valence-electron chi connectivity index (χ3n) is 0.687. The maximum atomic E-state index is 5.38. The van der Waals surface area contributed by atoms with Crippen molar-refractivity contribution in [3.05, 3.63) is 24.8 Å². The van der Waals surface area contributed by atoms with Gasteiger partial charge in [0.05, 0.1) is 0 Å². The maximum absolute atomic E-state index is 5.38. The van der Waals surface area contributed by atoms with Crippen LogP contribution in [0.15, 0.2) is 24.8 Å². The molecule has 0 aromatic heterocycles. The molecule has 0 saturated carbocycles. The Kier molecular flexibility index (Phi) is 3.33. The van der Waals surface area contributed by atoms with Gasteiger partial charge in [-0.15, -0.1) is 6.58 Å². The molecule has 40 valence electrons. The Labute approximate surface area is 44.5 Å². The van der Waals surface area contributed by atoms with E-state index < -0.39 is 0 Å². The summed E-state index contributed by atoms with van der Waals surface area (Å²) < 4.78 is 0. The highest BCUT2D eigenvalue weighted by Crippen LogP contribution is 1.79. The molecule has 0 aromatic rings. The van der Waals surface area contributed by atoms with E-state index >= 15 is 0 Å². The molecule has 0 bridgehead atoms. The molecule has 0 saturated heterocycles. The lowest BCUT2D eigenvalue weighted by molar-refractivity contribution is 1.03. The molecule has 0 rings (SSSR count). The summed E-state index contributed by atoms with van der Waals surface area (Å²) in [6.07, 6.45) is 5.49. The van der Waals surface area contributed by atoms with Crippen molar-refractivity contribution < 1.29 is 0 Å². The highest BCUT2D eigenvalue weighted by atomic mass is 14.6. The smallest absolute Gasteiger partial charge is 0.0407 e. The zero-order chi connectivity index (χ0) is 5.70. The zero-order valence-electron chi connectivity index (χ0n) is 4.59. The minimum atomic E-state index is 0.0324. The van der Waals surface area contributed by atoms with Gasteiger partial charge in [-0.25, -0.2) is 0 Å². The third kappa shape index (κ3) is 3.27. The molecule has 0 aliphatic rings. The summed E-state index contributed by atoms with van der Waals surface area (Å²) in [5.41, 5.74) is 5.38. The summed E-state index contributed by atoms with van der Waals surface area (Å²) in [6, 6.07) is 0.0324. The Bertz CT molecular complexity index is 74.2. The Hall–Kier alpha value is -0.560. The molecule has 0 spiro atoms. The maximum Gasteiger partial charge on any atom is 0.0407 e. The zero-order valence-corrected chi connectivity index (χ0v) is 4.59. The average molecular weight is 97.2 g/mol. The molecule has 1 heteroatoms. The van der Waals surface area contributed by atoms with Crippen LogP contribution in [0.1, 0.15) is 6.92 Å². The predicted octanol–water partition coefficient (Wildman–Crippen LogP) is 1.08. The summed E-state index contributed by atoms with van der Waals surface area (Å²) in [4.78, 5) is 0. The first-order chi connectivity index (χ1) is 3.31. The van der Waals surface area contributed by atoms with Crippen molar-refractivity contribution in [2.45, 2.75) is 13.0 Å². The molecule has 0 fully saturated rings. The van der Waals surface area contributed by atoms with Crippen LogP contribution >= 0.6 is 0 Å². The first-order valence-corrected chi connectivity index (χ1v) is 2.32.